The lowest BCUT2D eigenvalue weighted by atomic mass is 10.2. The molecule has 0 N–H and O–H groups in total. The van der Waals surface area contributed by atoms with E-state index >= 15 is 0 Å². The van der Waals surface area contributed by atoms with Gasteiger partial charge in [0.25, 0.3) is 0 Å². The first-order chi connectivity index (χ1) is 11.8. The van der Waals surface area contributed by atoms with Gasteiger partial charge in [-0.3, -0.25) is 9.88 Å². The second kappa shape index (κ2) is 6.83. The third kappa shape index (κ3) is 3.25. The Morgan fingerprint density at radius 2 is 1.83 bits per heavy atom. The average molecular weight is 384 g/mol. The van der Waals surface area contributed by atoms with Crippen LogP contribution < -0.4 is 4.90 Å². The van der Waals surface area contributed by atoms with Crippen molar-refractivity contribution in [3.05, 3.63) is 59.1 Å². The monoisotopic (exact) mass is 383 g/mol. The zero-order chi connectivity index (χ0) is 16.4. The molecule has 4 rings (SSSR count). The smallest absolute Gasteiger partial charge is 0.140 e. The first-order valence-corrected chi connectivity index (χ1v) is 8.86. The minimum absolute atomic E-state index is 0.907. The molecule has 3 aromatic rings. The van der Waals surface area contributed by atoms with Crippen LogP contribution in [0.1, 0.15) is 5.69 Å². The largest absolute Gasteiger partial charge is 0.353 e. The number of halogens is 1. The van der Waals surface area contributed by atoms with Gasteiger partial charge in [-0.2, -0.15) is 0 Å². The Hall–Kier alpha value is -2.05. The van der Waals surface area contributed by atoms with Gasteiger partial charge in [0.1, 0.15) is 12.1 Å². The van der Waals surface area contributed by atoms with Crippen molar-refractivity contribution in [2.24, 2.45) is 0 Å². The van der Waals surface area contributed by atoms with Gasteiger partial charge in [0.2, 0.25) is 0 Å². The number of benzene rings is 1. The molecule has 3 heterocycles. The summed E-state index contributed by atoms with van der Waals surface area (Å²) in [6.45, 7) is 4.85. The number of anilines is 1. The van der Waals surface area contributed by atoms with E-state index in [1.54, 1.807) is 6.33 Å². The molecule has 1 saturated heterocycles. The molecular formula is C18H18BrN5. The van der Waals surface area contributed by atoms with E-state index in [1.807, 2.05) is 30.5 Å². The number of fused-ring (bicyclic) bond motifs is 1. The zero-order valence-electron chi connectivity index (χ0n) is 13.3. The highest BCUT2D eigenvalue weighted by Crippen LogP contribution is 2.26. The molecule has 0 radical (unpaired) electrons. The molecule has 0 aliphatic carbocycles. The van der Waals surface area contributed by atoms with Crippen LogP contribution in [0.25, 0.3) is 10.9 Å². The highest BCUT2D eigenvalue weighted by atomic mass is 79.9. The van der Waals surface area contributed by atoms with Crippen LogP contribution in [-0.4, -0.2) is 46.0 Å². The van der Waals surface area contributed by atoms with Crippen LogP contribution in [0, 0.1) is 0 Å². The van der Waals surface area contributed by atoms with E-state index in [9.17, 15) is 0 Å². The molecule has 1 aliphatic rings. The first kappa shape index (κ1) is 15.5. The van der Waals surface area contributed by atoms with Gasteiger partial charge in [0, 0.05) is 48.8 Å². The molecule has 0 amide bonds. The van der Waals surface area contributed by atoms with Crippen LogP contribution in [0.2, 0.25) is 0 Å². The molecule has 1 aliphatic heterocycles. The van der Waals surface area contributed by atoms with E-state index < -0.39 is 0 Å². The molecule has 0 atom stereocenters. The number of hydrogen-bond acceptors (Lipinski definition) is 5. The van der Waals surface area contributed by atoms with Crippen LogP contribution in [0.3, 0.4) is 0 Å². The molecule has 1 fully saturated rings. The lowest BCUT2D eigenvalue weighted by Crippen LogP contribution is -2.46. The van der Waals surface area contributed by atoms with Gasteiger partial charge < -0.3 is 4.90 Å². The third-order valence-corrected chi connectivity index (χ3v) is 4.85. The molecule has 0 spiro atoms. The zero-order valence-corrected chi connectivity index (χ0v) is 14.9. The first-order valence-electron chi connectivity index (χ1n) is 8.07. The quantitative estimate of drug-likeness (QED) is 0.695. The van der Waals surface area contributed by atoms with Gasteiger partial charge in [-0.05, 0) is 30.3 Å². The molecule has 0 unspecified atom stereocenters. The summed E-state index contributed by atoms with van der Waals surface area (Å²) in [6, 6.07) is 12.2. The van der Waals surface area contributed by atoms with Crippen molar-refractivity contribution < 1.29 is 0 Å². The highest BCUT2D eigenvalue weighted by molar-refractivity contribution is 9.10. The van der Waals surface area contributed by atoms with E-state index in [2.05, 4.69) is 52.8 Å². The van der Waals surface area contributed by atoms with E-state index in [0.29, 0.717) is 0 Å². The predicted octanol–water partition coefficient (Wildman–Crippen LogP) is 3.11. The summed E-state index contributed by atoms with van der Waals surface area (Å²) in [7, 11) is 0. The van der Waals surface area contributed by atoms with Crippen molar-refractivity contribution >= 4 is 32.7 Å². The fourth-order valence-corrected chi connectivity index (χ4v) is 3.47. The molecule has 0 bridgehead atoms. The Morgan fingerprint density at radius 3 is 2.62 bits per heavy atom. The molecular weight excluding hydrogens is 366 g/mol. The predicted molar refractivity (Wildman–Crippen MR) is 99.0 cm³/mol. The molecule has 6 heteroatoms. The van der Waals surface area contributed by atoms with E-state index in [1.165, 1.54) is 0 Å². The van der Waals surface area contributed by atoms with Gasteiger partial charge in [-0.1, -0.05) is 22.0 Å². The summed E-state index contributed by atoms with van der Waals surface area (Å²) in [6.07, 6.45) is 3.52. The van der Waals surface area contributed by atoms with E-state index in [4.69, 9.17) is 0 Å². The summed E-state index contributed by atoms with van der Waals surface area (Å²) < 4.78 is 1.06. The van der Waals surface area contributed by atoms with Gasteiger partial charge in [0.05, 0.1) is 11.2 Å². The fourth-order valence-electron chi connectivity index (χ4n) is 3.11. The maximum atomic E-state index is 4.54. The second-order valence-corrected chi connectivity index (χ2v) is 6.86. The number of piperazine rings is 1. The Morgan fingerprint density at radius 1 is 0.958 bits per heavy atom. The molecule has 0 saturated carbocycles. The Balaban J connectivity index is 1.49. The summed E-state index contributed by atoms with van der Waals surface area (Å²) >= 11 is 3.55. The maximum absolute atomic E-state index is 4.54. The summed E-state index contributed by atoms with van der Waals surface area (Å²) in [4.78, 5) is 18.1. The Labute approximate surface area is 149 Å². The number of aromatic nitrogens is 3. The SMILES string of the molecule is Brc1ccc2ncnc(N3CCN(Cc4ccccn4)CC3)c2c1. The van der Waals surface area contributed by atoms with Crippen LogP contribution in [0.15, 0.2) is 53.4 Å². The minimum atomic E-state index is 0.907. The number of hydrogen-bond donors (Lipinski definition) is 0. The number of rotatable bonds is 3. The standard InChI is InChI=1S/C18H18BrN5/c19-14-4-5-17-16(11-14)18(22-13-21-17)24-9-7-23(8-10-24)12-15-3-1-2-6-20-15/h1-6,11,13H,7-10,12H2. The summed E-state index contributed by atoms with van der Waals surface area (Å²) in [5.41, 5.74) is 2.11. The van der Waals surface area contributed by atoms with Gasteiger partial charge >= 0.3 is 0 Å². The molecule has 1 aromatic carbocycles. The lowest BCUT2D eigenvalue weighted by Gasteiger charge is -2.35. The molecule has 5 nitrogen and oxygen atoms in total. The van der Waals surface area contributed by atoms with Gasteiger partial charge in [-0.15, -0.1) is 0 Å². The minimum Gasteiger partial charge on any atom is -0.353 e. The lowest BCUT2D eigenvalue weighted by molar-refractivity contribution is 0.247. The van der Waals surface area contributed by atoms with Crippen molar-refractivity contribution in [2.75, 3.05) is 31.1 Å². The van der Waals surface area contributed by atoms with E-state index in [-0.39, 0.29) is 0 Å². The Bertz CT molecular complexity index is 831. The van der Waals surface area contributed by atoms with Crippen LogP contribution >= 0.6 is 15.9 Å². The van der Waals surface area contributed by atoms with Crippen LogP contribution in [-0.2, 0) is 6.54 Å². The van der Waals surface area contributed by atoms with Crippen molar-refractivity contribution in [1.29, 1.82) is 0 Å². The maximum Gasteiger partial charge on any atom is 0.140 e. The fraction of sp³-hybridized carbons (Fsp3) is 0.278. The highest BCUT2D eigenvalue weighted by Gasteiger charge is 2.20. The molecule has 24 heavy (non-hydrogen) atoms. The topological polar surface area (TPSA) is 45.2 Å². The van der Waals surface area contributed by atoms with Crippen molar-refractivity contribution in [3.8, 4) is 0 Å². The van der Waals surface area contributed by atoms with Gasteiger partial charge in [0.15, 0.2) is 0 Å². The van der Waals surface area contributed by atoms with Crippen LogP contribution in [0.5, 0.6) is 0 Å². The van der Waals surface area contributed by atoms with Crippen molar-refractivity contribution in [3.63, 3.8) is 0 Å². The average Bonchev–Trinajstić information content (AvgIpc) is 2.63. The molecule has 122 valence electrons. The van der Waals surface area contributed by atoms with Crippen molar-refractivity contribution in [1.82, 2.24) is 19.9 Å². The van der Waals surface area contributed by atoms with Crippen LogP contribution in [0.4, 0.5) is 5.82 Å². The third-order valence-electron chi connectivity index (χ3n) is 4.36. The van der Waals surface area contributed by atoms with Gasteiger partial charge in [-0.25, -0.2) is 9.97 Å². The Kier molecular flexibility index (Phi) is 4.40. The second-order valence-electron chi connectivity index (χ2n) is 5.94. The van der Waals surface area contributed by atoms with Crippen molar-refractivity contribution in [2.45, 2.75) is 6.54 Å². The molecule has 2 aromatic heterocycles. The van der Waals surface area contributed by atoms with E-state index in [0.717, 1.165) is 59.6 Å². The normalized spacial score (nSPS) is 15.8. The number of pyridine rings is 1. The summed E-state index contributed by atoms with van der Waals surface area (Å²) in [5.74, 6) is 1.03. The summed E-state index contributed by atoms with van der Waals surface area (Å²) in [5, 5.41) is 1.10. The number of nitrogens with zero attached hydrogens (tertiary/aromatic N) is 5.